The van der Waals surface area contributed by atoms with E-state index in [1.165, 1.54) is 36.2 Å². The molecule has 14 nitrogen and oxygen atoms in total. The van der Waals surface area contributed by atoms with Crippen molar-refractivity contribution < 1.29 is 36.2 Å². The van der Waals surface area contributed by atoms with Gasteiger partial charge in [0.05, 0.1) is 9.85 Å². The highest BCUT2D eigenvalue weighted by molar-refractivity contribution is 8.13. The number of rotatable bonds is 8. The maximum absolute atomic E-state index is 12.2. The number of likely N-dealkylation sites (N-methyl/N-ethyl adjacent to an activating group) is 1. The van der Waals surface area contributed by atoms with Crippen molar-refractivity contribution in [1.29, 1.82) is 0 Å². The minimum absolute atomic E-state index is 0.0504. The highest BCUT2D eigenvalue weighted by atomic mass is 35.7. The van der Waals surface area contributed by atoms with E-state index < -0.39 is 61.8 Å². The molecule has 1 N–H and O–H groups in total. The quantitative estimate of drug-likeness (QED) is 0.275. The van der Waals surface area contributed by atoms with Gasteiger partial charge < -0.3 is 9.64 Å². The molecule has 37 heavy (non-hydrogen) atoms. The molecule has 0 aliphatic rings. The molecule has 0 radical (unpaired) electrons. The molecule has 2 rings (SSSR count). The molecule has 1 amide bonds. The molecule has 0 unspecified atom stereocenters. The number of nitrogens with one attached hydrogen (secondary N) is 1. The van der Waals surface area contributed by atoms with Crippen LogP contribution in [0.5, 0.6) is 0 Å². The number of amides is 1. The molecule has 2 aromatic carbocycles. The fraction of sp³-hybridized carbons (Fsp3) is 0.350. The normalized spacial score (nSPS) is 11.6. The van der Waals surface area contributed by atoms with Gasteiger partial charge in [0.2, 0.25) is 10.0 Å². The molecule has 0 aliphatic heterocycles. The van der Waals surface area contributed by atoms with Crippen molar-refractivity contribution in [2.75, 3.05) is 20.1 Å². The van der Waals surface area contributed by atoms with Gasteiger partial charge in [-0.05, 0) is 32.9 Å². The van der Waals surface area contributed by atoms with Gasteiger partial charge in [-0.1, -0.05) is 24.3 Å². The van der Waals surface area contributed by atoms with Crippen LogP contribution in [0.3, 0.4) is 0 Å². The minimum Gasteiger partial charge on any atom is -0.444 e. The molecule has 0 saturated carbocycles. The summed E-state index contributed by atoms with van der Waals surface area (Å²) in [5.74, 6) is 0. The average molecular weight is 581 g/mol. The molecule has 17 heteroatoms. The number of benzene rings is 2. The van der Waals surface area contributed by atoms with Crippen molar-refractivity contribution >= 4 is 47.2 Å². The molecule has 0 bridgehead atoms. The third-order valence-corrected chi connectivity index (χ3v) is 7.00. The largest absolute Gasteiger partial charge is 0.444 e. The molecule has 2 aromatic rings. The number of nitro groups is 2. The van der Waals surface area contributed by atoms with E-state index in [4.69, 9.17) is 15.4 Å². The summed E-state index contributed by atoms with van der Waals surface area (Å²) in [7, 11) is -1.67. The number of nitrogens with zero attached hydrogens (tertiary/aromatic N) is 3. The topological polar surface area (TPSA) is 196 Å². The lowest BCUT2D eigenvalue weighted by Crippen LogP contribution is -2.39. The zero-order chi connectivity index (χ0) is 28.6. The van der Waals surface area contributed by atoms with Crippen LogP contribution < -0.4 is 4.72 Å². The third-order valence-electron chi connectivity index (χ3n) is 4.12. The lowest BCUT2D eigenvalue weighted by Gasteiger charge is -2.24. The average Bonchev–Trinajstić information content (AvgIpc) is 2.77. The van der Waals surface area contributed by atoms with Gasteiger partial charge in [-0.3, -0.25) is 20.2 Å². The monoisotopic (exact) mass is 580 g/mol. The van der Waals surface area contributed by atoms with Crippen LogP contribution in [0.4, 0.5) is 16.2 Å². The van der Waals surface area contributed by atoms with E-state index in [1.54, 1.807) is 20.8 Å². The van der Waals surface area contributed by atoms with E-state index in [0.717, 1.165) is 24.3 Å². The van der Waals surface area contributed by atoms with Gasteiger partial charge in [0.1, 0.15) is 5.60 Å². The smallest absolute Gasteiger partial charge is 0.410 e. The zero-order valence-electron chi connectivity index (χ0n) is 20.2. The first-order chi connectivity index (χ1) is 16.9. The highest BCUT2D eigenvalue weighted by Crippen LogP contribution is 2.25. The second kappa shape index (κ2) is 12.8. The Balaban J connectivity index is 0.000000442. The molecule has 0 aliphatic carbocycles. The molecule has 0 aromatic heterocycles. The molecular formula is C20H25ClN4O10S2. The van der Waals surface area contributed by atoms with E-state index in [0.29, 0.717) is 0 Å². The van der Waals surface area contributed by atoms with E-state index in [9.17, 15) is 41.9 Å². The van der Waals surface area contributed by atoms with Gasteiger partial charge in [-0.2, -0.15) is 0 Å². The number of ether oxygens (including phenoxy) is 1. The number of hydrogen-bond donors (Lipinski definition) is 1. The van der Waals surface area contributed by atoms with Crippen LogP contribution in [0.1, 0.15) is 20.8 Å². The summed E-state index contributed by atoms with van der Waals surface area (Å²) in [6, 6.07) is 9.93. The summed E-state index contributed by atoms with van der Waals surface area (Å²) in [4.78, 5) is 31.8. The molecule has 0 heterocycles. The summed E-state index contributed by atoms with van der Waals surface area (Å²) in [5.41, 5.74) is -1.68. The molecule has 0 fully saturated rings. The van der Waals surface area contributed by atoms with E-state index in [1.807, 2.05) is 0 Å². The summed E-state index contributed by atoms with van der Waals surface area (Å²) >= 11 is 0. The van der Waals surface area contributed by atoms with Gasteiger partial charge in [-0.25, -0.2) is 26.4 Å². The Morgan fingerprint density at radius 3 is 1.78 bits per heavy atom. The Hall–Kier alpha value is -3.34. The van der Waals surface area contributed by atoms with Crippen molar-refractivity contribution in [2.24, 2.45) is 0 Å². The first kappa shape index (κ1) is 31.7. The van der Waals surface area contributed by atoms with Crippen LogP contribution in [-0.2, 0) is 23.8 Å². The van der Waals surface area contributed by atoms with Crippen LogP contribution in [-0.4, -0.2) is 63.4 Å². The number of para-hydroxylation sites is 2. The van der Waals surface area contributed by atoms with Crippen molar-refractivity contribution in [3.05, 3.63) is 68.8 Å². The lowest BCUT2D eigenvalue weighted by atomic mass is 10.2. The third kappa shape index (κ3) is 10.3. The number of sulfonamides is 1. The van der Waals surface area contributed by atoms with Gasteiger partial charge in [0, 0.05) is 43.0 Å². The van der Waals surface area contributed by atoms with E-state index >= 15 is 0 Å². The standard InChI is InChI=1S/C14H21N3O6S.C6H4ClNO4S/c1-14(2,3)23-13(18)16(4)10-9-15-24(21,22)12-8-6-5-7-11(12)17(19)20;7-13(11,12)6-4-2-1-3-5(6)8(9)10/h5-8,15H,9-10H2,1-4H3;1-4H. The molecule has 0 saturated heterocycles. The number of carbonyl (C=O) groups is 1. The fourth-order valence-electron chi connectivity index (χ4n) is 2.51. The van der Waals surface area contributed by atoms with Gasteiger partial charge in [0.15, 0.2) is 9.79 Å². The van der Waals surface area contributed by atoms with E-state index in [-0.39, 0.29) is 13.1 Å². The maximum Gasteiger partial charge on any atom is 0.410 e. The Bertz CT molecular complexity index is 1360. The second-order valence-electron chi connectivity index (χ2n) is 8.19. The number of halogens is 1. The van der Waals surface area contributed by atoms with Gasteiger partial charge >= 0.3 is 6.09 Å². The van der Waals surface area contributed by atoms with Crippen LogP contribution in [0.25, 0.3) is 0 Å². The molecule has 204 valence electrons. The van der Waals surface area contributed by atoms with Crippen LogP contribution in [0, 0.1) is 20.2 Å². The predicted molar refractivity (Wildman–Crippen MR) is 133 cm³/mol. The number of carbonyl (C=O) groups excluding carboxylic acids is 1. The van der Waals surface area contributed by atoms with Crippen LogP contribution in [0.15, 0.2) is 58.3 Å². The Kier molecular flexibility index (Phi) is 10.9. The lowest BCUT2D eigenvalue weighted by molar-refractivity contribution is -0.388. The second-order valence-corrected chi connectivity index (χ2v) is 12.5. The SMILES string of the molecule is CN(CCNS(=O)(=O)c1ccccc1[N+](=O)[O-])C(=O)OC(C)(C)C.O=[N+]([O-])c1ccccc1S(=O)(=O)Cl. The van der Waals surface area contributed by atoms with E-state index in [2.05, 4.69) is 4.72 Å². The summed E-state index contributed by atoms with van der Waals surface area (Å²) in [6.45, 7) is 5.10. The number of nitro benzene ring substituents is 2. The summed E-state index contributed by atoms with van der Waals surface area (Å²) < 4.78 is 53.4. The molecule has 0 spiro atoms. The zero-order valence-corrected chi connectivity index (χ0v) is 22.5. The van der Waals surface area contributed by atoms with Crippen molar-refractivity contribution in [1.82, 2.24) is 9.62 Å². The number of hydrogen-bond acceptors (Lipinski definition) is 10. The first-order valence-corrected chi connectivity index (χ1v) is 14.0. The Morgan fingerprint density at radius 1 is 0.946 bits per heavy atom. The highest BCUT2D eigenvalue weighted by Gasteiger charge is 2.26. The van der Waals surface area contributed by atoms with Crippen molar-refractivity contribution in [3.63, 3.8) is 0 Å². The van der Waals surface area contributed by atoms with Gasteiger partial charge in [0.25, 0.3) is 20.4 Å². The van der Waals surface area contributed by atoms with Crippen LogP contribution >= 0.6 is 10.7 Å². The van der Waals surface area contributed by atoms with Crippen LogP contribution in [0.2, 0.25) is 0 Å². The maximum atomic E-state index is 12.2. The van der Waals surface area contributed by atoms with Crippen molar-refractivity contribution in [3.8, 4) is 0 Å². The predicted octanol–water partition coefficient (Wildman–Crippen LogP) is 3.26. The molecule has 0 atom stereocenters. The summed E-state index contributed by atoms with van der Waals surface area (Å²) in [5, 5.41) is 21.3. The fourth-order valence-corrected chi connectivity index (χ4v) is 4.72. The van der Waals surface area contributed by atoms with Crippen molar-refractivity contribution in [2.45, 2.75) is 36.2 Å². The Morgan fingerprint density at radius 2 is 1.38 bits per heavy atom. The first-order valence-electron chi connectivity index (χ1n) is 10.2. The summed E-state index contributed by atoms with van der Waals surface area (Å²) in [6.07, 6.45) is -0.590. The van der Waals surface area contributed by atoms with Gasteiger partial charge in [-0.15, -0.1) is 0 Å². The molecular weight excluding hydrogens is 556 g/mol. The minimum atomic E-state index is -4.06. The Labute approximate surface area is 217 Å².